The van der Waals surface area contributed by atoms with Gasteiger partial charge in [0.25, 0.3) is 0 Å². The largest absolute Gasteiger partial charge is 0.354 e. The molecule has 2 rings (SSSR count). The molecule has 21 heavy (non-hydrogen) atoms. The monoisotopic (exact) mass is 315 g/mol. The third kappa shape index (κ3) is 5.61. The molecule has 1 fully saturated rings. The van der Waals surface area contributed by atoms with E-state index in [-0.39, 0.29) is 30.0 Å². The first-order valence-corrected chi connectivity index (χ1v) is 7.13. The number of rotatable bonds is 5. The smallest absolute Gasteiger partial charge is 0.227 e. The normalized spacial score (nSPS) is 16.9. The second-order valence-electron chi connectivity index (χ2n) is 5.16. The molecule has 4 nitrogen and oxygen atoms in total. The van der Waals surface area contributed by atoms with Crippen molar-refractivity contribution >= 4 is 18.3 Å². The van der Waals surface area contributed by atoms with Gasteiger partial charge in [-0.3, -0.25) is 9.69 Å². The van der Waals surface area contributed by atoms with Gasteiger partial charge in [0.1, 0.15) is 5.82 Å². The fourth-order valence-electron chi connectivity index (χ4n) is 2.35. The maximum absolute atomic E-state index is 13.1. The van der Waals surface area contributed by atoms with Crippen LogP contribution in [0.3, 0.4) is 0 Å². The first-order valence-electron chi connectivity index (χ1n) is 7.13. The van der Waals surface area contributed by atoms with Crippen molar-refractivity contribution in [2.24, 2.45) is 0 Å². The third-order valence-corrected chi connectivity index (χ3v) is 3.68. The first kappa shape index (κ1) is 17.9. The summed E-state index contributed by atoms with van der Waals surface area (Å²) in [4.78, 5) is 14.4. The van der Waals surface area contributed by atoms with Crippen molar-refractivity contribution in [2.45, 2.75) is 12.8 Å². The zero-order valence-electron chi connectivity index (χ0n) is 12.3. The van der Waals surface area contributed by atoms with Crippen molar-refractivity contribution in [1.29, 1.82) is 0 Å². The molecule has 1 unspecified atom stereocenters. The van der Waals surface area contributed by atoms with E-state index in [2.05, 4.69) is 15.5 Å². The van der Waals surface area contributed by atoms with Gasteiger partial charge in [0.2, 0.25) is 5.91 Å². The van der Waals surface area contributed by atoms with Gasteiger partial charge in [0.15, 0.2) is 0 Å². The number of halogens is 2. The molecule has 1 atom stereocenters. The first-order chi connectivity index (χ1) is 9.66. The molecule has 0 aliphatic carbocycles. The fraction of sp³-hybridized carbons (Fsp3) is 0.533. The Kier molecular flexibility index (Phi) is 7.64. The molecule has 1 amide bonds. The van der Waals surface area contributed by atoms with E-state index in [9.17, 15) is 9.18 Å². The van der Waals surface area contributed by atoms with Crippen LogP contribution < -0.4 is 10.6 Å². The van der Waals surface area contributed by atoms with E-state index in [0.29, 0.717) is 12.1 Å². The van der Waals surface area contributed by atoms with E-state index in [1.807, 2.05) is 0 Å². The van der Waals surface area contributed by atoms with Crippen molar-refractivity contribution in [3.63, 3.8) is 0 Å². The molecule has 0 bridgehead atoms. The number of amides is 1. The summed E-state index contributed by atoms with van der Waals surface area (Å²) in [6.45, 7) is 7.36. The molecule has 6 heteroatoms. The number of hydrogen-bond acceptors (Lipinski definition) is 3. The van der Waals surface area contributed by atoms with E-state index >= 15 is 0 Å². The van der Waals surface area contributed by atoms with Crippen LogP contribution >= 0.6 is 12.4 Å². The highest BCUT2D eigenvalue weighted by atomic mass is 35.5. The third-order valence-electron chi connectivity index (χ3n) is 3.68. The molecule has 1 aliphatic heterocycles. The van der Waals surface area contributed by atoms with Crippen LogP contribution in [0.5, 0.6) is 0 Å². The second-order valence-corrected chi connectivity index (χ2v) is 5.16. The summed E-state index contributed by atoms with van der Waals surface area (Å²) in [5.41, 5.74) is 0.713. The molecule has 0 radical (unpaired) electrons. The average Bonchev–Trinajstić information content (AvgIpc) is 2.47. The van der Waals surface area contributed by atoms with Crippen molar-refractivity contribution in [3.05, 3.63) is 35.6 Å². The van der Waals surface area contributed by atoms with Gasteiger partial charge < -0.3 is 10.6 Å². The Hall–Kier alpha value is -1.17. The maximum atomic E-state index is 13.1. The van der Waals surface area contributed by atoms with E-state index in [0.717, 1.165) is 32.7 Å². The minimum atomic E-state index is -0.325. The van der Waals surface area contributed by atoms with E-state index in [1.165, 1.54) is 12.1 Å². The van der Waals surface area contributed by atoms with Crippen molar-refractivity contribution < 1.29 is 9.18 Å². The van der Waals surface area contributed by atoms with Gasteiger partial charge in [-0.1, -0.05) is 12.1 Å². The van der Waals surface area contributed by atoms with Gasteiger partial charge in [0.05, 0.1) is 5.92 Å². The van der Waals surface area contributed by atoms with Crippen LogP contribution in [0.2, 0.25) is 0 Å². The molecule has 0 spiro atoms. The van der Waals surface area contributed by atoms with E-state index < -0.39 is 0 Å². The standard InChI is InChI=1S/C15H22FN3O.ClH/c1-12(13-3-2-4-14(16)11-13)15(20)18-7-10-19-8-5-17-6-9-19;/h2-4,11-12,17H,5-10H2,1H3,(H,18,20);1H. The van der Waals surface area contributed by atoms with Gasteiger partial charge in [-0.05, 0) is 24.6 Å². The highest BCUT2D eigenvalue weighted by Gasteiger charge is 2.16. The fourth-order valence-corrected chi connectivity index (χ4v) is 2.35. The summed E-state index contributed by atoms with van der Waals surface area (Å²) in [5.74, 6) is -0.678. The maximum Gasteiger partial charge on any atom is 0.227 e. The zero-order chi connectivity index (χ0) is 14.4. The molecule has 2 N–H and O–H groups in total. The Morgan fingerprint density at radius 1 is 1.43 bits per heavy atom. The summed E-state index contributed by atoms with van der Waals surface area (Å²) < 4.78 is 13.1. The quantitative estimate of drug-likeness (QED) is 0.862. The van der Waals surface area contributed by atoms with Gasteiger partial charge in [-0.15, -0.1) is 12.4 Å². The lowest BCUT2D eigenvalue weighted by Gasteiger charge is -2.27. The molecule has 0 saturated carbocycles. The summed E-state index contributed by atoms with van der Waals surface area (Å²) in [7, 11) is 0. The number of nitrogens with one attached hydrogen (secondary N) is 2. The summed E-state index contributed by atoms with van der Waals surface area (Å²) in [6, 6.07) is 6.22. The molecule has 0 aromatic heterocycles. The molecule has 118 valence electrons. The van der Waals surface area contributed by atoms with Crippen molar-refractivity contribution in [2.75, 3.05) is 39.3 Å². The molecular weight excluding hydrogens is 293 g/mol. The van der Waals surface area contributed by atoms with Gasteiger partial charge in [0, 0.05) is 39.3 Å². The zero-order valence-corrected chi connectivity index (χ0v) is 13.1. The Balaban J connectivity index is 0.00000220. The average molecular weight is 316 g/mol. The Morgan fingerprint density at radius 3 is 2.81 bits per heavy atom. The summed E-state index contributed by atoms with van der Waals surface area (Å²) in [6.07, 6.45) is 0. The van der Waals surface area contributed by atoms with Crippen molar-refractivity contribution in [1.82, 2.24) is 15.5 Å². The summed E-state index contributed by atoms with van der Waals surface area (Å²) >= 11 is 0. The van der Waals surface area contributed by atoms with Crippen LogP contribution in [-0.2, 0) is 4.79 Å². The van der Waals surface area contributed by atoms with E-state index in [1.54, 1.807) is 19.1 Å². The van der Waals surface area contributed by atoms with Gasteiger partial charge >= 0.3 is 0 Å². The van der Waals surface area contributed by atoms with Gasteiger partial charge in [-0.25, -0.2) is 4.39 Å². The van der Waals surface area contributed by atoms with Crippen molar-refractivity contribution in [3.8, 4) is 0 Å². The molecule has 1 saturated heterocycles. The highest BCUT2D eigenvalue weighted by Crippen LogP contribution is 2.16. The minimum Gasteiger partial charge on any atom is -0.354 e. The Morgan fingerprint density at radius 2 is 2.14 bits per heavy atom. The molecular formula is C15H23ClFN3O. The summed E-state index contributed by atoms with van der Waals surface area (Å²) in [5, 5.41) is 6.22. The topological polar surface area (TPSA) is 44.4 Å². The van der Waals surface area contributed by atoms with Crippen LogP contribution in [0, 0.1) is 5.82 Å². The highest BCUT2D eigenvalue weighted by molar-refractivity contribution is 5.85. The molecule has 1 aromatic carbocycles. The number of nitrogens with zero attached hydrogens (tertiary/aromatic N) is 1. The van der Waals surface area contributed by atoms with Crippen LogP contribution in [0.25, 0.3) is 0 Å². The Bertz CT molecular complexity index is 452. The van der Waals surface area contributed by atoms with E-state index in [4.69, 9.17) is 0 Å². The lowest BCUT2D eigenvalue weighted by Crippen LogP contribution is -2.46. The molecule has 1 aromatic rings. The number of carbonyl (C=O) groups is 1. The molecule has 1 aliphatic rings. The lowest BCUT2D eigenvalue weighted by atomic mass is 10.0. The van der Waals surface area contributed by atoms with Crippen LogP contribution in [-0.4, -0.2) is 50.1 Å². The van der Waals surface area contributed by atoms with Gasteiger partial charge in [-0.2, -0.15) is 0 Å². The number of piperazine rings is 1. The minimum absolute atomic E-state index is 0. The number of carbonyl (C=O) groups excluding carboxylic acids is 1. The molecule has 1 heterocycles. The predicted octanol–water partition coefficient (Wildman–Crippen LogP) is 1.37. The Labute approximate surface area is 131 Å². The number of benzene rings is 1. The van der Waals surface area contributed by atoms with Crippen LogP contribution in [0.1, 0.15) is 18.4 Å². The number of hydrogen-bond donors (Lipinski definition) is 2. The second kappa shape index (κ2) is 8.97. The SMILES string of the molecule is CC(C(=O)NCCN1CCNCC1)c1cccc(F)c1.Cl. The van der Waals surface area contributed by atoms with Crippen LogP contribution in [0.4, 0.5) is 4.39 Å². The lowest BCUT2D eigenvalue weighted by molar-refractivity contribution is -0.122. The predicted molar refractivity (Wildman–Crippen MR) is 84.4 cm³/mol. The van der Waals surface area contributed by atoms with Crippen LogP contribution in [0.15, 0.2) is 24.3 Å².